The van der Waals surface area contributed by atoms with Crippen molar-refractivity contribution in [1.29, 1.82) is 0 Å². The van der Waals surface area contributed by atoms with Gasteiger partial charge in [0, 0.05) is 42.5 Å². The molecular weight excluding hydrogens is 373 g/mol. The number of hydrogen-bond acceptors (Lipinski definition) is 6. The Labute approximate surface area is 164 Å². The zero-order valence-electron chi connectivity index (χ0n) is 15.5. The van der Waals surface area contributed by atoms with E-state index in [-0.39, 0.29) is 17.6 Å². The van der Waals surface area contributed by atoms with Gasteiger partial charge in [-0.25, -0.2) is 24.3 Å². The van der Waals surface area contributed by atoms with Crippen molar-refractivity contribution in [2.45, 2.75) is 19.4 Å². The van der Waals surface area contributed by atoms with E-state index < -0.39 is 5.82 Å². The first-order valence-electron chi connectivity index (χ1n) is 9.19. The fourth-order valence-electron chi connectivity index (χ4n) is 3.65. The van der Waals surface area contributed by atoms with Crippen LogP contribution in [0.3, 0.4) is 0 Å². The van der Waals surface area contributed by atoms with E-state index >= 15 is 0 Å². The van der Waals surface area contributed by atoms with Gasteiger partial charge in [0.15, 0.2) is 17.3 Å². The van der Waals surface area contributed by atoms with Gasteiger partial charge in [-0.15, -0.1) is 0 Å². The Balaban J connectivity index is 1.47. The number of aromatic nitrogens is 6. The third-order valence-corrected chi connectivity index (χ3v) is 5.16. The number of H-pyrrole nitrogens is 1. The molecule has 0 aliphatic carbocycles. The van der Waals surface area contributed by atoms with Crippen LogP contribution in [0.15, 0.2) is 42.9 Å². The summed E-state index contributed by atoms with van der Waals surface area (Å²) in [6.45, 7) is 2.40. The molecule has 5 rings (SSSR count). The highest BCUT2D eigenvalue weighted by atomic mass is 19.1. The molecule has 0 saturated heterocycles. The smallest absolute Gasteiger partial charge is 0.275 e. The summed E-state index contributed by atoms with van der Waals surface area (Å²) < 4.78 is 13.7. The number of fused-ring (bicyclic) bond motifs is 2. The molecule has 1 aromatic carbocycles. The van der Waals surface area contributed by atoms with Gasteiger partial charge in [-0.2, -0.15) is 5.10 Å². The Kier molecular flexibility index (Phi) is 4.01. The first-order chi connectivity index (χ1) is 14.1. The topological polar surface area (TPSA) is 101 Å². The summed E-state index contributed by atoms with van der Waals surface area (Å²) in [6.07, 6.45) is 5.58. The fraction of sp³-hybridized carbons (Fsp3) is 0.200. The number of hydrogen-bond donors (Lipinski definition) is 1. The van der Waals surface area contributed by atoms with Gasteiger partial charge in [0.1, 0.15) is 5.82 Å². The number of benzene rings is 1. The van der Waals surface area contributed by atoms with E-state index in [0.29, 0.717) is 35.5 Å². The highest BCUT2D eigenvalue weighted by Crippen LogP contribution is 2.31. The van der Waals surface area contributed by atoms with Crippen LogP contribution in [0, 0.1) is 5.82 Å². The number of amides is 1. The maximum Gasteiger partial charge on any atom is 0.275 e. The number of aromatic amines is 1. The van der Waals surface area contributed by atoms with E-state index in [0.717, 1.165) is 11.3 Å². The van der Waals surface area contributed by atoms with E-state index in [1.165, 1.54) is 12.1 Å². The van der Waals surface area contributed by atoms with Gasteiger partial charge in [-0.05, 0) is 31.2 Å². The summed E-state index contributed by atoms with van der Waals surface area (Å²) in [5.74, 6) is 0.265. The molecule has 144 valence electrons. The number of carbonyl (C=O) groups is 1. The normalized spacial score (nSPS) is 16.1. The Morgan fingerprint density at radius 1 is 1.21 bits per heavy atom. The summed E-state index contributed by atoms with van der Waals surface area (Å²) in [5, 5.41) is 7.39. The Bertz CT molecular complexity index is 1220. The van der Waals surface area contributed by atoms with Crippen LogP contribution in [0.5, 0.6) is 0 Å². The average molecular weight is 389 g/mol. The molecule has 9 heteroatoms. The highest BCUT2D eigenvalue weighted by molar-refractivity contribution is 6.04. The number of nitrogens with zero attached hydrogens (tertiary/aromatic N) is 6. The standard InChI is InChI=1S/C20H16FN7O/c1-11-14-10-24-19(18-22-6-2-7-23-18)25-15(14)5-8-28(11)20(29)17-13-9-12(21)3-4-16(13)26-27-17/h2-4,6-7,9-11H,5,8H2,1H3,(H,26,27). The van der Waals surface area contributed by atoms with Gasteiger partial charge in [0.25, 0.3) is 5.91 Å². The second-order valence-corrected chi connectivity index (χ2v) is 6.85. The minimum atomic E-state index is -0.408. The second-order valence-electron chi connectivity index (χ2n) is 6.85. The quantitative estimate of drug-likeness (QED) is 0.566. The molecule has 0 fully saturated rings. The van der Waals surface area contributed by atoms with Crippen molar-refractivity contribution in [1.82, 2.24) is 35.0 Å². The van der Waals surface area contributed by atoms with E-state index in [9.17, 15) is 9.18 Å². The molecule has 1 aliphatic heterocycles. The third-order valence-electron chi connectivity index (χ3n) is 5.16. The number of carbonyl (C=O) groups excluding carboxylic acids is 1. The van der Waals surface area contributed by atoms with Crippen LogP contribution in [-0.4, -0.2) is 47.5 Å². The van der Waals surface area contributed by atoms with Gasteiger partial charge >= 0.3 is 0 Å². The lowest BCUT2D eigenvalue weighted by molar-refractivity contribution is 0.0671. The van der Waals surface area contributed by atoms with Gasteiger partial charge < -0.3 is 4.90 Å². The number of halogens is 1. The second kappa shape index (κ2) is 6.69. The molecule has 0 bridgehead atoms. The van der Waals surface area contributed by atoms with Gasteiger partial charge in [-0.1, -0.05) is 0 Å². The zero-order chi connectivity index (χ0) is 20.0. The minimum Gasteiger partial charge on any atom is -0.330 e. The van der Waals surface area contributed by atoms with Crippen molar-refractivity contribution >= 4 is 16.8 Å². The zero-order valence-corrected chi connectivity index (χ0v) is 15.5. The molecule has 0 spiro atoms. The fourth-order valence-corrected chi connectivity index (χ4v) is 3.65. The van der Waals surface area contributed by atoms with Crippen LogP contribution >= 0.6 is 0 Å². The summed E-state index contributed by atoms with van der Waals surface area (Å²) >= 11 is 0. The lowest BCUT2D eigenvalue weighted by atomic mass is 9.98. The van der Waals surface area contributed by atoms with Gasteiger partial charge in [-0.3, -0.25) is 9.89 Å². The maximum atomic E-state index is 13.7. The molecule has 1 unspecified atom stereocenters. The predicted molar refractivity (Wildman–Crippen MR) is 102 cm³/mol. The van der Waals surface area contributed by atoms with Crippen LogP contribution in [0.4, 0.5) is 4.39 Å². The third kappa shape index (κ3) is 2.91. The van der Waals surface area contributed by atoms with Crippen LogP contribution in [0.1, 0.15) is 34.7 Å². The van der Waals surface area contributed by atoms with Crippen molar-refractivity contribution in [3.05, 3.63) is 65.6 Å². The van der Waals surface area contributed by atoms with Crippen LogP contribution in [0.25, 0.3) is 22.6 Å². The lowest BCUT2D eigenvalue weighted by Gasteiger charge is -2.34. The predicted octanol–water partition coefficient (Wildman–Crippen LogP) is 2.71. The van der Waals surface area contributed by atoms with Gasteiger partial charge in [0.05, 0.1) is 17.3 Å². The minimum absolute atomic E-state index is 0.213. The molecule has 4 aromatic rings. The molecule has 29 heavy (non-hydrogen) atoms. The molecule has 4 heterocycles. The van der Waals surface area contributed by atoms with E-state index in [4.69, 9.17) is 0 Å². The molecule has 0 radical (unpaired) electrons. The SMILES string of the molecule is CC1c2cnc(-c3ncccn3)nc2CCN1C(=O)c1n[nH]c2ccc(F)cc12. The molecule has 3 aromatic heterocycles. The largest absolute Gasteiger partial charge is 0.330 e. The summed E-state index contributed by atoms with van der Waals surface area (Å²) in [5.41, 5.74) is 2.58. The average Bonchev–Trinajstić information content (AvgIpc) is 3.17. The summed E-state index contributed by atoms with van der Waals surface area (Å²) in [7, 11) is 0. The molecule has 1 aliphatic rings. The first-order valence-corrected chi connectivity index (χ1v) is 9.19. The Hall–Kier alpha value is -3.75. The van der Waals surface area contributed by atoms with E-state index in [1.54, 1.807) is 35.6 Å². The van der Waals surface area contributed by atoms with E-state index in [2.05, 4.69) is 30.1 Å². The van der Waals surface area contributed by atoms with E-state index in [1.807, 2.05) is 6.92 Å². The van der Waals surface area contributed by atoms with Gasteiger partial charge in [0.2, 0.25) is 0 Å². The van der Waals surface area contributed by atoms with Crippen molar-refractivity contribution in [3.8, 4) is 11.6 Å². The lowest BCUT2D eigenvalue weighted by Crippen LogP contribution is -2.39. The van der Waals surface area contributed by atoms with Crippen LogP contribution < -0.4 is 0 Å². The van der Waals surface area contributed by atoms with Crippen molar-refractivity contribution in [2.24, 2.45) is 0 Å². The molecule has 0 saturated carbocycles. The molecule has 1 atom stereocenters. The van der Waals surface area contributed by atoms with Crippen molar-refractivity contribution in [3.63, 3.8) is 0 Å². The first kappa shape index (κ1) is 17.4. The van der Waals surface area contributed by atoms with Crippen molar-refractivity contribution < 1.29 is 9.18 Å². The molecule has 8 nitrogen and oxygen atoms in total. The summed E-state index contributed by atoms with van der Waals surface area (Å²) in [4.78, 5) is 32.2. The Morgan fingerprint density at radius 2 is 2.03 bits per heavy atom. The van der Waals surface area contributed by atoms with Crippen LogP contribution in [0.2, 0.25) is 0 Å². The summed E-state index contributed by atoms with van der Waals surface area (Å²) in [6, 6.07) is 5.73. The number of rotatable bonds is 2. The maximum absolute atomic E-state index is 13.7. The molecule has 1 N–H and O–H groups in total. The highest BCUT2D eigenvalue weighted by Gasteiger charge is 2.32. The number of nitrogens with one attached hydrogen (secondary N) is 1. The molecular formula is C20H16FN7O. The Morgan fingerprint density at radius 3 is 2.86 bits per heavy atom. The van der Waals surface area contributed by atoms with Crippen molar-refractivity contribution in [2.75, 3.05) is 6.54 Å². The molecule has 1 amide bonds. The monoisotopic (exact) mass is 389 g/mol. The van der Waals surface area contributed by atoms with Crippen LogP contribution in [-0.2, 0) is 6.42 Å².